The van der Waals surface area contributed by atoms with E-state index in [1.54, 1.807) is 24.4 Å². The van der Waals surface area contributed by atoms with Gasteiger partial charge in [-0.2, -0.15) is 4.98 Å². The minimum atomic E-state index is -3.63. The van der Waals surface area contributed by atoms with Crippen molar-refractivity contribution in [2.24, 2.45) is 0 Å². The molecule has 1 aliphatic heterocycles. The number of hydrogen-bond acceptors (Lipinski definition) is 8. The van der Waals surface area contributed by atoms with Crippen LogP contribution in [0.3, 0.4) is 0 Å². The van der Waals surface area contributed by atoms with Crippen molar-refractivity contribution in [3.63, 3.8) is 0 Å². The van der Waals surface area contributed by atoms with Crippen molar-refractivity contribution in [1.82, 2.24) is 29.5 Å². The first kappa shape index (κ1) is 18.9. The fourth-order valence-electron chi connectivity index (χ4n) is 3.77. The summed E-state index contributed by atoms with van der Waals surface area (Å²) in [6.45, 7) is 0.602. The maximum atomic E-state index is 12.7. The first-order valence-electron chi connectivity index (χ1n) is 9.19. The zero-order valence-electron chi connectivity index (χ0n) is 15.8. The molecule has 4 aromatic rings. The number of H-pyrrole nitrogens is 1. The summed E-state index contributed by atoms with van der Waals surface area (Å²) in [6, 6.07) is 4.82. The van der Waals surface area contributed by atoms with Crippen molar-refractivity contribution in [1.29, 1.82) is 0 Å². The van der Waals surface area contributed by atoms with Crippen LogP contribution in [0.25, 0.3) is 16.6 Å². The summed E-state index contributed by atoms with van der Waals surface area (Å²) < 4.78 is 25.6. The zero-order chi connectivity index (χ0) is 21.0. The molecule has 1 N–H and O–H groups in total. The number of sulfone groups is 1. The van der Waals surface area contributed by atoms with Crippen molar-refractivity contribution in [2.75, 3.05) is 17.7 Å². The first-order valence-corrected chi connectivity index (χ1v) is 11.5. The average molecular weight is 446 g/mol. The summed E-state index contributed by atoms with van der Waals surface area (Å²) in [5, 5.41) is 4.42. The SMILES string of the molecule is CS(=O)(=O)c1nc(N2CCCC2c2nc3cccc(Cl)c3c(=O)[nH]2)c2nccn2n1. The van der Waals surface area contributed by atoms with Crippen molar-refractivity contribution in [3.8, 4) is 0 Å². The highest BCUT2D eigenvalue weighted by molar-refractivity contribution is 7.90. The highest BCUT2D eigenvalue weighted by Crippen LogP contribution is 2.35. The molecule has 154 valence electrons. The van der Waals surface area contributed by atoms with Crippen molar-refractivity contribution in [3.05, 3.63) is 51.8 Å². The van der Waals surface area contributed by atoms with Crippen molar-refractivity contribution < 1.29 is 8.42 Å². The third kappa shape index (κ3) is 3.01. The molecule has 4 heterocycles. The Kier molecular flexibility index (Phi) is 4.26. The van der Waals surface area contributed by atoms with E-state index in [0.717, 1.165) is 12.7 Å². The predicted octanol–water partition coefficient (Wildman–Crippen LogP) is 1.76. The molecule has 1 aromatic carbocycles. The highest BCUT2D eigenvalue weighted by Gasteiger charge is 2.32. The topological polar surface area (TPSA) is 126 Å². The molecule has 0 bridgehead atoms. The molecule has 1 aliphatic rings. The van der Waals surface area contributed by atoms with Gasteiger partial charge in [-0.25, -0.2) is 22.9 Å². The summed E-state index contributed by atoms with van der Waals surface area (Å²) >= 11 is 6.16. The number of aromatic amines is 1. The Morgan fingerprint density at radius 2 is 2.10 bits per heavy atom. The quantitative estimate of drug-likeness (QED) is 0.505. The molecule has 5 rings (SSSR count). The highest BCUT2D eigenvalue weighted by atomic mass is 35.5. The number of halogens is 1. The zero-order valence-corrected chi connectivity index (χ0v) is 17.4. The van der Waals surface area contributed by atoms with Gasteiger partial charge in [0.25, 0.3) is 10.7 Å². The van der Waals surface area contributed by atoms with Crippen LogP contribution in [0.2, 0.25) is 5.02 Å². The second-order valence-electron chi connectivity index (χ2n) is 7.12. The van der Waals surface area contributed by atoms with E-state index in [4.69, 9.17) is 11.6 Å². The molecule has 30 heavy (non-hydrogen) atoms. The number of rotatable bonds is 3. The Morgan fingerprint density at radius 3 is 2.90 bits per heavy atom. The van der Waals surface area contributed by atoms with Crippen LogP contribution < -0.4 is 10.5 Å². The standard InChI is InChI=1S/C18H16ClN7O3S/c1-30(28,29)18-23-16(15-20-7-9-26(15)24-18)25-8-3-6-12(25)14-21-11-5-2-4-10(19)13(11)17(27)22-14/h2,4-5,7,9,12H,3,6,8H2,1H3,(H,21,22,27). The number of hydrogen-bond donors (Lipinski definition) is 1. The van der Waals surface area contributed by atoms with E-state index in [0.29, 0.717) is 46.2 Å². The fourth-order valence-corrected chi connectivity index (χ4v) is 4.52. The van der Waals surface area contributed by atoms with Crippen LogP contribution in [-0.2, 0) is 9.84 Å². The Balaban J connectivity index is 1.68. The van der Waals surface area contributed by atoms with E-state index in [-0.39, 0.29) is 16.8 Å². The number of fused-ring (bicyclic) bond motifs is 2. The average Bonchev–Trinajstić information content (AvgIpc) is 3.35. The van der Waals surface area contributed by atoms with Gasteiger partial charge in [0, 0.05) is 25.2 Å². The molecule has 0 spiro atoms. The molecule has 0 radical (unpaired) electrons. The van der Waals surface area contributed by atoms with Crippen LogP contribution in [-0.4, -0.2) is 50.8 Å². The van der Waals surface area contributed by atoms with Crippen LogP contribution in [0.4, 0.5) is 5.82 Å². The number of nitrogens with one attached hydrogen (secondary N) is 1. The maximum Gasteiger partial charge on any atom is 0.267 e. The van der Waals surface area contributed by atoms with Crippen molar-refractivity contribution >= 4 is 43.8 Å². The number of aromatic nitrogens is 6. The van der Waals surface area contributed by atoms with Crippen LogP contribution >= 0.6 is 11.6 Å². The molecule has 0 aliphatic carbocycles. The van der Waals surface area contributed by atoms with Gasteiger partial charge in [-0.15, -0.1) is 5.10 Å². The minimum Gasteiger partial charge on any atom is -0.343 e. The van der Waals surface area contributed by atoms with Gasteiger partial charge in [0.2, 0.25) is 9.84 Å². The summed E-state index contributed by atoms with van der Waals surface area (Å²) in [5.41, 5.74) is 0.608. The molecule has 0 amide bonds. The monoisotopic (exact) mass is 445 g/mol. The predicted molar refractivity (Wildman–Crippen MR) is 111 cm³/mol. The second kappa shape index (κ2) is 6.74. The van der Waals surface area contributed by atoms with Crippen LogP contribution in [0.15, 0.2) is 40.5 Å². The lowest BCUT2D eigenvalue weighted by atomic mass is 10.2. The third-order valence-electron chi connectivity index (χ3n) is 5.09. The molecule has 0 saturated carbocycles. The Labute approximate surface area is 175 Å². The summed E-state index contributed by atoms with van der Waals surface area (Å²) in [6.07, 6.45) is 5.68. The molecule has 1 unspecified atom stereocenters. The Hall–Kier alpha value is -3.05. The molecular weight excluding hydrogens is 430 g/mol. The van der Waals surface area contributed by atoms with Crippen molar-refractivity contribution in [2.45, 2.75) is 24.0 Å². The molecule has 3 aromatic heterocycles. The number of nitrogens with zero attached hydrogens (tertiary/aromatic N) is 6. The normalized spacial score (nSPS) is 17.3. The molecule has 1 saturated heterocycles. The van der Waals surface area contributed by atoms with Gasteiger partial charge in [-0.05, 0) is 25.0 Å². The molecular formula is C18H16ClN7O3S. The van der Waals surface area contributed by atoms with Gasteiger partial charge in [-0.1, -0.05) is 17.7 Å². The Morgan fingerprint density at radius 1 is 1.27 bits per heavy atom. The smallest absolute Gasteiger partial charge is 0.267 e. The van der Waals surface area contributed by atoms with Gasteiger partial charge >= 0.3 is 0 Å². The van der Waals surface area contributed by atoms with Crippen LogP contribution in [0.1, 0.15) is 24.7 Å². The van der Waals surface area contributed by atoms with Crippen LogP contribution in [0, 0.1) is 0 Å². The maximum absolute atomic E-state index is 12.7. The summed E-state index contributed by atoms with van der Waals surface area (Å²) in [5.74, 6) is 0.850. The largest absolute Gasteiger partial charge is 0.343 e. The van der Waals surface area contributed by atoms with Gasteiger partial charge < -0.3 is 9.88 Å². The first-order chi connectivity index (χ1) is 14.3. The van der Waals surface area contributed by atoms with E-state index < -0.39 is 9.84 Å². The number of imidazole rings is 1. The number of benzene rings is 1. The lowest BCUT2D eigenvalue weighted by Gasteiger charge is -2.25. The molecule has 12 heteroatoms. The van der Waals surface area contributed by atoms with Gasteiger partial charge in [0.05, 0.1) is 22.0 Å². The van der Waals surface area contributed by atoms with Gasteiger partial charge in [0.1, 0.15) is 5.82 Å². The third-order valence-corrected chi connectivity index (χ3v) is 6.24. The summed E-state index contributed by atoms with van der Waals surface area (Å²) in [7, 11) is -3.63. The van der Waals surface area contributed by atoms with Gasteiger partial charge in [-0.3, -0.25) is 4.79 Å². The van der Waals surface area contributed by atoms with E-state index in [2.05, 4.69) is 25.0 Å². The van der Waals surface area contributed by atoms with E-state index in [1.807, 2.05) is 4.90 Å². The second-order valence-corrected chi connectivity index (χ2v) is 9.44. The van der Waals surface area contributed by atoms with Gasteiger partial charge in [0.15, 0.2) is 11.5 Å². The van der Waals surface area contributed by atoms with E-state index in [1.165, 1.54) is 10.7 Å². The van der Waals surface area contributed by atoms with E-state index in [9.17, 15) is 13.2 Å². The minimum absolute atomic E-state index is 0.291. The lowest BCUT2D eigenvalue weighted by molar-refractivity contribution is 0.585. The van der Waals surface area contributed by atoms with E-state index >= 15 is 0 Å². The molecule has 1 atom stereocenters. The molecule has 10 nitrogen and oxygen atoms in total. The lowest BCUT2D eigenvalue weighted by Crippen LogP contribution is -2.28. The van der Waals surface area contributed by atoms with Crippen LogP contribution in [0.5, 0.6) is 0 Å². The molecule has 1 fully saturated rings. The fraction of sp³-hybridized carbons (Fsp3) is 0.278. The Bertz CT molecular complexity index is 1460. The number of anilines is 1. The summed E-state index contributed by atoms with van der Waals surface area (Å²) in [4.78, 5) is 30.6.